The van der Waals surface area contributed by atoms with E-state index in [0.29, 0.717) is 12.8 Å². The molecule has 2 unspecified atom stereocenters. The van der Waals surface area contributed by atoms with Gasteiger partial charge in [-0.15, -0.1) is 0 Å². The molecular weight excluding hydrogens is 248 g/mol. The van der Waals surface area contributed by atoms with Gasteiger partial charge in [-0.3, -0.25) is 9.59 Å². The molecule has 0 aromatic rings. The maximum Gasteiger partial charge on any atom is 0.337 e. The first kappa shape index (κ1) is 15.4. The lowest BCUT2D eigenvalue weighted by Gasteiger charge is -2.37. The maximum atomic E-state index is 12.1. The number of rotatable bonds is 4. The molecule has 106 valence electrons. The molecule has 0 N–H and O–H groups in total. The first-order valence-corrected chi connectivity index (χ1v) is 6.51. The first-order valence-electron chi connectivity index (χ1n) is 6.51. The zero-order valence-corrected chi connectivity index (χ0v) is 11.4. The van der Waals surface area contributed by atoms with Crippen molar-refractivity contribution in [2.75, 3.05) is 6.61 Å². The van der Waals surface area contributed by atoms with Crippen LogP contribution in [0.4, 0.5) is 0 Å². The molecule has 1 rings (SSSR count). The zero-order valence-electron chi connectivity index (χ0n) is 11.4. The van der Waals surface area contributed by atoms with Crippen molar-refractivity contribution in [3.63, 3.8) is 0 Å². The Morgan fingerprint density at radius 2 is 2.05 bits per heavy atom. The van der Waals surface area contributed by atoms with E-state index in [2.05, 4.69) is 6.58 Å². The van der Waals surface area contributed by atoms with Crippen molar-refractivity contribution >= 4 is 17.9 Å². The second-order valence-corrected chi connectivity index (χ2v) is 4.88. The Kier molecular flexibility index (Phi) is 5.27. The molecule has 5 nitrogen and oxygen atoms in total. The van der Waals surface area contributed by atoms with E-state index in [1.807, 2.05) is 0 Å². The number of carbonyl (C=O) groups is 3. The van der Waals surface area contributed by atoms with Crippen molar-refractivity contribution in [3.8, 4) is 0 Å². The van der Waals surface area contributed by atoms with Gasteiger partial charge >= 0.3 is 17.9 Å². The molecule has 1 saturated carbocycles. The molecule has 0 aromatic heterocycles. The van der Waals surface area contributed by atoms with Crippen LogP contribution in [0.3, 0.4) is 0 Å². The summed E-state index contributed by atoms with van der Waals surface area (Å²) in [7, 11) is 0. The van der Waals surface area contributed by atoms with E-state index < -0.39 is 29.2 Å². The Morgan fingerprint density at radius 1 is 1.37 bits per heavy atom. The molecule has 0 aliphatic heterocycles. The van der Waals surface area contributed by atoms with Gasteiger partial charge in [-0.1, -0.05) is 19.4 Å². The quantitative estimate of drug-likeness (QED) is 0.443. The highest BCUT2D eigenvalue weighted by atomic mass is 16.6. The van der Waals surface area contributed by atoms with Crippen LogP contribution in [0.1, 0.15) is 39.5 Å². The van der Waals surface area contributed by atoms with Crippen LogP contribution < -0.4 is 0 Å². The smallest absolute Gasteiger partial charge is 0.337 e. The molecule has 1 aliphatic carbocycles. The minimum absolute atomic E-state index is 0.270. The summed E-state index contributed by atoms with van der Waals surface area (Å²) in [5.41, 5.74) is -0.997. The highest BCUT2D eigenvalue weighted by molar-refractivity contribution is 5.95. The summed E-state index contributed by atoms with van der Waals surface area (Å²) in [5, 5.41) is 0. The minimum Gasteiger partial charge on any atom is -0.466 e. The third-order valence-corrected chi connectivity index (χ3v) is 3.61. The lowest BCUT2D eigenvalue weighted by Crippen LogP contribution is -2.44. The Morgan fingerprint density at radius 3 is 2.63 bits per heavy atom. The SMILES string of the molecule is C=CC(=O)OC(=O)C1(C)CCCCC1C(=O)OCC. The summed E-state index contributed by atoms with van der Waals surface area (Å²) in [6.07, 6.45) is 3.71. The number of hydrogen-bond acceptors (Lipinski definition) is 5. The van der Waals surface area contributed by atoms with Gasteiger partial charge in [-0.05, 0) is 26.7 Å². The van der Waals surface area contributed by atoms with Crippen LogP contribution in [0.5, 0.6) is 0 Å². The van der Waals surface area contributed by atoms with E-state index in [0.717, 1.165) is 18.9 Å². The fourth-order valence-corrected chi connectivity index (χ4v) is 2.45. The van der Waals surface area contributed by atoms with E-state index in [4.69, 9.17) is 9.47 Å². The van der Waals surface area contributed by atoms with Crippen LogP contribution >= 0.6 is 0 Å². The molecule has 5 heteroatoms. The average Bonchev–Trinajstić information content (AvgIpc) is 2.39. The van der Waals surface area contributed by atoms with Crippen molar-refractivity contribution in [3.05, 3.63) is 12.7 Å². The number of esters is 3. The molecule has 0 heterocycles. The molecule has 1 fully saturated rings. The van der Waals surface area contributed by atoms with E-state index in [-0.39, 0.29) is 6.61 Å². The summed E-state index contributed by atoms with van der Waals surface area (Å²) in [5.74, 6) is -2.41. The molecule has 1 aliphatic rings. The summed E-state index contributed by atoms with van der Waals surface area (Å²) in [4.78, 5) is 35.2. The topological polar surface area (TPSA) is 69.7 Å². The first-order chi connectivity index (χ1) is 8.95. The van der Waals surface area contributed by atoms with Gasteiger partial charge in [0.1, 0.15) is 0 Å². The average molecular weight is 268 g/mol. The van der Waals surface area contributed by atoms with Crippen LogP contribution in [-0.2, 0) is 23.9 Å². The van der Waals surface area contributed by atoms with E-state index in [1.165, 1.54) is 0 Å². The number of ether oxygens (including phenoxy) is 2. The van der Waals surface area contributed by atoms with Crippen LogP contribution in [-0.4, -0.2) is 24.5 Å². The Labute approximate surface area is 112 Å². The summed E-state index contributed by atoms with van der Waals surface area (Å²) in [6.45, 7) is 6.90. The number of hydrogen-bond donors (Lipinski definition) is 0. The minimum atomic E-state index is -0.997. The van der Waals surface area contributed by atoms with Gasteiger partial charge < -0.3 is 9.47 Å². The monoisotopic (exact) mass is 268 g/mol. The molecule has 0 aromatic carbocycles. The van der Waals surface area contributed by atoms with Crippen molar-refractivity contribution in [2.24, 2.45) is 11.3 Å². The van der Waals surface area contributed by atoms with Gasteiger partial charge in [0.2, 0.25) is 0 Å². The Hall–Kier alpha value is -1.65. The molecule has 2 atom stereocenters. The van der Waals surface area contributed by atoms with Crippen molar-refractivity contribution in [1.29, 1.82) is 0 Å². The van der Waals surface area contributed by atoms with Crippen molar-refractivity contribution in [2.45, 2.75) is 39.5 Å². The van der Waals surface area contributed by atoms with Crippen LogP contribution in [0.25, 0.3) is 0 Å². The summed E-state index contributed by atoms with van der Waals surface area (Å²) < 4.78 is 9.70. The van der Waals surface area contributed by atoms with Crippen LogP contribution in [0.15, 0.2) is 12.7 Å². The molecular formula is C14H20O5. The molecule has 0 radical (unpaired) electrons. The molecule has 0 bridgehead atoms. The lowest BCUT2D eigenvalue weighted by atomic mass is 9.67. The zero-order chi connectivity index (χ0) is 14.5. The van der Waals surface area contributed by atoms with Crippen molar-refractivity contribution < 1.29 is 23.9 Å². The van der Waals surface area contributed by atoms with E-state index in [1.54, 1.807) is 13.8 Å². The fourth-order valence-electron chi connectivity index (χ4n) is 2.45. The van der Waals surface area contributed by atoms with E-state index in [9.17, 15) is 14.4 Å². The summed E-state index contributed by atoms with van der Waals surface area (Å²) in [6, 6.07) is 0. The van der Waals surface area contributed by atoms with Crippen molar-refractivity contribution in [1.82, 2.24) is 0 Å². The second kappa shape index (κ2) is 6.50. The molecule has 0 amide bonds. The lowest BCUT2D eigenvalue weighted by molar-refractivity contribution is -0.175. The molecule has 0 spiro atoms. The van der Waals surface area contributed by atoms with E-state index >= 15 is 0 Å². The third kappa shape index (κ3) is 3.43. The largest absolute Gasteiger partial charge is 0.466 e. The van der Waals surface area contributed by atoms with Gasteiger partial charge in [0.05, 0.1) is 17.9 Å². The van der Waals surface area contributed by atoms with Gasteiger partial charge in [0.25, 0.3) is 0 Å². The maximum absolute atomic E-state index is 12.1. The molecule has 0 saturated heterocycles. The Balaban J connectivity index is 2.89. The van der Waals surface area contributed by atoms with Gasteiger partial charge in [-0.25, -0.2) is 4.79 Å². The normalized spacial score (nSPS) is 26.3. The second-order valence-electron chi connectivity index (χ2n) is 4.88. The Bertz CT molecular complexity index is 387. The predicted octanol–water partition coefficient (Wildman–Crippen LogP) is 2.00. The highest BCUT2D eigenvalue weighted by Gasteiger charge is 2.49. The van der Waals surface area contributed by atoms with Gasteiger partial charge in [0.15, 0.2) is 0 Å². The van der Waals surface area contributed by atoms with Gasteiger partial charge in [-0.2, -0.15) is 0 Å². The highest BCUT2D eigenvalue weighted by Crippen LogP contribution is 2.42. The third-order valence-electron chi connectivity index (χ3n) is 3.61. The number of carbonyl (C=O) groups excluding carboxylic acids is 3. The summed E-state index contributed by atoms with van der Waals surface area (Å²) >= 11 is 0. The van der Waals surface area contributed by atoms with Gasteiger partial charge in [0, 0.05) is 6.08 Å². The standard InChI is InChI=1S/C14H20O5/c1-4-11(15)19-13(17)14(3)9-7-6-8-10(14)12(16)18-5-2/h4,10H,1,5-9H2,2-3H3. The van der Waals surface area contributed by atoms with Crippen LogP contribution in [0, 0.1) is 11.3 Å². The predicted molar refractivity (Wildman–Crippen MR) is 68.0 cm³/mol. The van der Waals surface area contributed by atoms with Crippen LogP contribution in [0.2, 0.25) is 0 Å². The molecule has 19 heavy (non-hydrogen) atoms. The fraction of sp³-hybridized carbons (Fsp3) is 0.643.